The molecule has 0 aromatic heterocycles. The Labute approximate surface area is 393 Å². The summed E-state index contributed by atoms with van der Waals surface area (Å²) in [4.78, 5) is 145. The molecule has 68 heavy (non-hydrogen) atoms. The zero-order valence-corrected chi connectivity index (χ0v) is 39.6. The molecule has 1 aliphatic heterocycles. The third-order valence-corrected chi connectivity index (χ3v) is 12.4. The number of benzene rings is 1. The Bertz CT molecular complexity index is 2140. The monoisotopic (exact) mass is 979 g/mol. The standard InChI is InChI=1S/C42H65N11O14S/c1-6-23(4)36-41(64)49-26(11-12-31(43)55)38(61)51-30(19-32(44)56)39(62)50-27(42(65)53(5)21-35(59)48-28(17-22(2)3)37(60)46-20-33(45)57)13-15-68(66,67)16-14-34(58)47-29(40(63)52-36)18-24-7-9-25(54)10-8-24/h7-10,22-23,26-30,36,54H,6,11-21H2,1-5H3,(H2,43,55)(H2,44,56)(H2,45,57)(H,46,60)(H,47,58)(H,48,59)(H,49,64)(H,50,62)(H,51,61)(H,52,63)/t23-,26-,27-,28-,29+,30-,36-/m0/s1. The van der Waals surface area contributed by atoms with Crippen molar-refractivity contribution in [2.24, 2.45) is 29.0 Å². The molecule has 25 nitrogen and oxygen atoms in total. The van der Waals surface area contributed by atoms with Crippen molar-refractivity contribution in [3.8, 4) is 5.75 Å². The van der Waals surface area contributed by atoms with Gasteiger partial charge in [0.15, 0.2) is 9.84 Å². The molecule has 1 saturated heterocycles. The number of carbonyl (C=O) groups excluding carboxylic acids is 11. The number of aromatic hydroxyl groups is 1. The molecule has 0 bridgehead atoms. The largest absolute Gasteiger partial charge is 0.508 e. The van der Waals surface area contributed by atoms with E-state index in [-0.39, 0.29) is 30.9 Å². The van der Waals surface area contributed by atoms with Gasteiger partial charge in [-0.2, -0.15) is 0 Å². The van der Waals surface area contributed by atoms with E-state index in [2.05, 4.69) is 37.2 Å². The smallest absolute Gasteiger partial charge is 0.245 e. The second-order valence-corrected chi connectivity index (χ2v) is 19.3. The lowest BCUT2D eigenvalue weighted by Crippen LogP contribution is -2.61. The minimum absolute atomic E-state index is 0.0930. The van der Waals surface area contributed by atoms with Crippen molar-refractivity contribution >= 4 is 74.8 Å². The molecule has 1 fully saturated rings. The summed E-state index contributed by atoms with van der Waals surface area (Å²) in [5.41, 5.74) is 16.3. The Hall–Kier alpha value is -6.86. The number of primary amides is 3. The maximum Gasteiger partial charge on any atom is 0.245 e. The molecule has 0 saturated carbocycles. The SMILES string of the molecule is CC[C@H](C)[C@@H]1NC(=O)[C@@H](Cc2ccc(O)cc2)NC(=O)CCS(=O)(=O)CC[C@@H](C(=O)N(C)CC(=O)N[C@@H](CC(C)C)C(=O)NCC(N)=O)NC(=O)[C@H](CC(N)=O)NC(=O)[C@H](CCC(N)=O)NC1=O. The van der Waals surface area contributed by atoms with E-state index >= 15 is 0 Å². The summed E-state index contributed by atoms with van der Waals surface area (Å²) >= 11 is 0. The topological polar surface area (TPSA) is 408 Å². The fraction of sp³-hybridized carbons (Fsp3) is 0.595. The number of likely N-dealkylation sites (N-methyl/N-ethyl adjacent to an activating group) is 1. The molecular formula is C42H65N11O14S. The van der Waals surface area contributed by atoms with E-state index in [9.17, 15) is 66.3 Å². The molecule has 14 N–H and O–H groups in total. The average molecular weight is 980 g/mol. The molecule has 1 aromatic carbocycles. The average Bonchev–Trinajstić information content (AvgIpc) is 3.25. The number of nitrogens with zero attached hydrogens (tertiary/aromatic N) is 1. The summed E-state index contributed by atoms with van der Waals surface area (Å²) in [6.07, 6.45) is -3.01. The summed E-state index contributed by atoms with van der Waals surface area (Å²) in [7, 11) is -3.15. The summed E-state index contributed by atoms with van der Waals surface area (Å²) in [5, 5.41) is 26.7. The van der Waals surface area contributed by atoms with Gasteiger partial charge in [-0.15, -0.1) is 0 Å². The van der Waals surface area contributed by atoms with Crippen LogP contribution in [0.25, 0.3) is 0 Å². The lowest BCUT2D eigenvalue weighted by molar-refractivity contribution is -0.140. The van der Waals surface area contributed by atoms with E-state index in [1.807, 2.05) is 0 Å². The lowest BCUT2D eigenvalue weighted by atomic mass is 9.96. The third kappa shape index (κ3) is 20.3. The van der Waals surface area contributed by atoms with Crippen molar-refractivity contribution in [3.05, 3.63) is 29.8 Å². The first-order valence-electron chi connectivity index (χ1n) is 21.9. The van der Waals surface area contributed by atoms with Gasteiger partial charge in [-0.3, -0.25) is 52.7 Å². The van der Waals surface area contributed by atoms with Crippen molar-refractivity contribution < 1.29 is 66.3 Å². The maximum atomic E-state index is 14.0. The van der Waals surface area contributed by atoms with Crippen molar-refractivity contribution in [1.82, 2.24) is 42.1 Å². The van der Waals surface area contributed by atoms with Crippen LogP contribution in [0.4, 0.5) is 0 Å². The molecule has 0 spiro atoms. The van der Waals surface area contributed by atoms with Gasteiger partial charge in [0.2, 0.25) is 65.0 Å². The van der Waals surface area contributed by atoms with Crippen molar-refractivity contribution in [2.45, 2.75) is 115 Å². The van der Waals surface area contributed by atoms with Crippen molar-refractivity contribution in [2.75, 3.05) is 31.6 Å². The van der Waals surface area contributed by atoms with E-state index < -0.39 is 174 Å². The van der Waals surface area contributed by atoms with Crippen LogP contribution in [0.15, 0.2) is 24.3 Å². The number of phenols is 1. The molecule has 11 amide bonds. The predicted molar refractivity (Wildman–Crippen MR) is 242 cm³/mol. The van der Waals surface area contributed by atoms with Gasteiger partial charge in [-0.05, 0) is 48.8 Å². The highest BCUT2D eigenvalue weighted by atomic mass is 32.2. The summed E-state index contributed by atoms with van der Waals surface area (Å²) < 4.78 is 26.9. The number of nitrogens with one attached hydrogen (secondary N) is 7. The molecule has 378 valence electrons. The van der Waals surface area contributed by atoms with Crippen LogP contribution in [-0.2, 0) is 69.0 Å². The Morgan fingerprint density at radius 2 is 1.40 bits per heavy atom. The fourth-order valence-electron chi connectivity index (χ4n) is 6.78. The van der Waals surface area contributed by atoms with Crippen LogP contribution in [0.3, 0.4) is 0 Å². The minimum Gasteiger partial charge on any atom is -0.508 e. The molecule has 0 aliphatic carbocycles. The van der Waals surface area contributed by atoms with Gasteiger partial charge < -0.3 is 64.4 Å². The normalized spacial score (nSPS) is 21.8. The lowest BCUT2D eigenvalue weighted by Gasteiger charge is -2.29. The summed E-state index contributed by atoms with van der Waals surface area (Å²) in [6.45, 7) is 5.54. The first-order chi connectivity index (χ1) is 31.7. The van der Waals surface area contributed by atoms with E-state index in [1.54, 1.807) is 27.7 Å². The van der Waals surface area contributed by atoms with Crippen molar-refractivity contribution in [3.63, 3.8) is 0 Å². The minimum atomic E-state index is -4.28. The van der Waals surface area contributed by atoms with Crippen LogP contribution >= 0.6 is 0 Å². The maximum absolute atomic E-state index is 14.0. The Balaban J connectivity index is 2.64. The van der Waals surface area contributed by atoms with Crippen LogP contribution < -0.4 is 54.4 Å². The zero-order valence-electron chi connectivity index (χ0n) is 38.8. The zero-order chi connectivity index (χ0) is 51.5. The number of phenolic OH excluding ortho intramolecular Hbond substituents is 1. The van der Waals surface area contributed by atoms with Gasteiger partial charge in [-0.25, -0.2) is 8.42 Å². The number of carbonyl (C=O) groups is 11. The van der Waals surface area contributed by atoms with Gasteiger partial charge in [0.1, 0.15) is 42.0 Å². The number of nitrogens with two attached hydrogens (primary N) is 3. The predicted octanol–water partition coefficient (Wildman–Crippen LogP) is -4.65. The second-order valence-electron chi connectivity index (χ2n) is 17.0. The van der Waals surface area contributed by atoms with Gasteiger partial charge in [0.05, 0.1) is 31.0 Å². The van der Waals surface area contributed by atoms with E-state index in [0.717, 1.165) is 11.9 Å². The molecule has 0 radical (unpaired) electrons. The van der Waals surface area contributed by atoms with Crippen LogP contribution in [0.1, 0.15) is 78.2 Å². The van der Waals surface area contributed by atoms with Gasteiger partial charge in [0.25, 0.3) is 0 Å². The summed E-state index contributed by atoms with van der Waals surface area (Å²) in [6, 6.07) is -3.70. The molecule has 7 atom stereocenters. The highest BCUT2D eigenvalue weighted by Gasteiger charge is 2.36. The molecule has 0 unspecified atom stereocenters. The van der Waals surface area contributed by atoms with Gasteiger partial charge >= 0.3 is 0 Å². The second kappa shape index (κ2) is 27.1. The molecule has 1 aromatic rings. The molecule has 1 aliphatic rings. The Morgan fingerprint density at radius 3 is 1.97 bits per heavy atom. The molecular weight excluding hydrogens is 915 g/mol. The summed E-state index contributed by atoms with van der Waals surface area (Å²) in [5.74, 6) is -13.2. The molecule has 26 heteroatoms. The molecule has 1 heterocycles. The quantitative estimate of drug-likeness (QED) is 0.0659. The van der Waals surface area contributed by atoms with E-state index in [4.69, 9.17) is 17.2 Å². The van der Waals surface area contributed by atoms with Gasteiger partial charge in [-0.1, -0.05) is 46.2 Å². The number of amides is 11. The van der Waals surface area contributed by atoms with Crippen molar-refractivity contribution in [1.29, 1.82) is 0 Å². The first kappa shape index (κ1) is 57.3. The fourth-order valence-corrected chi connectivity index (χ4v) is 8.07. The van der Waals surface area contributed by atoms with E-state index in [0.29, 0.717) is 5.56 Å². The van der Waals surface area contributed by atoms with Crippen LogP contribution in [-0.4, -0.2) is 151 Å². The van der Waals surface area contributed by atoms with Gasteiger partial charge in [0, 0.05) is 26.3 Å². The number of sulfone groups is 1. The number of hydrogen-bond donors (Lipinski definition) is 11. The molecule has 2 rings (SSSR count). The Morgan fingerprint density at radius 1 is 0.794 bits per heavy atom. The first-order valence-corrected chi connectivity index (χ1v) is 23.7. The van der Waals surface area contributed by atoms with E-state index in [1.165, 1.54) is 24.3 Å². The Kier molecular flexibility index (Phi) is 22.8. The third-order valence-electron chi connectivity index (χ3n) is 10.7. The van der Waals surface area contributed by atoms with Crippen LogP contribution in [0, 0.1) is 11.8 Å². The number of hydrogen-bond acceptors (Lipinski definition) is 14. The van der Waals surface area contributed by atoms with Crippen LogP contribution in [0.5, 0.6) is 5.75 Å². The highest BCUT2D eigenvalue weighted by Crippen LogP contribution is 2.15. The van der Waals surface area contributed by atoms with Crippen LogP contribution in [0.2, 0.25) is 0 Å². The highest BCUT2D eigenvalue weighted by molar-refractivity contribution is 7.91. The number of rotatable bonds is 18.